The molecule has 1 aromatic carbocycles. The zero-order chi connectivity index (χ0) is 16.9. The number of halogens is 2. The van der Waals surface area contributed by atoms with E-state index in [1.54, 1.807) is 18.2 Å². The van der Waals surface area contributed by atoms with Gasteiger partial charge in [-0.15, -0.1) is 0 Å². The minimum atomic E-state index is 0.0945. The van der Waals surface area contributed by atoms with Crippen molar-refractivity contribution >= 4 is 34.8 Å². The maximum atomic E-state index is 12.7. The summed E-state index contributed by atoms with van der Waals surface area (Å²) < 4.78 is 0. The Morgan fingerprint density at radius 1 is 0.917 bits per heavy atom. The number of hydrogen-bond donors (Lipinski definition) is 1. The number of fused-ring (bicyclic) bond motifs is 1. The number of anilines is 1. The summed E-state index contributed by atoms with van der Waals surface area (Å²) in [5.74, 6) is 1.19. The summed E-state index contributed by atoms with van der Waals surface area (Å²) >= 11 is 12.1. The Morgan fingerprint density at radius 3 is 2.08 bits per heavy atom. The highest BCUT2D eigenvalue weighted by Gasteiger charge is 2.52. The van der Waals surface area contributed by atoms with E-state index in [0.29, 0.717) is 27.6 Å². The van der Waals surface area contributed by atoms with Crippen LogP contribution in [0.5, 0.6) is 0 Å². The lowest BCUT2D eigenvalue weighted by Crippen LogP contribution is -2.16. The van der Waals surface area contributed by atoms with Crippen LogP contribution < -0.4 is 5.32 Å². The van der Waals surface area contributed by atoms with Gasteiger partial charge in [-0.2, -0.15) is 0 Å². The molecular formula is C20H23Cl2NO. The molecule has 0 unspecified atom stereocenters. The lowest BCUT2D eigenvalue weighted by Gasteiger charge is -2.07. The van der Waals surface area contributed by atoms with E-state index in [2.05, 4.69) is 29.6 Å². The van der Waals surface area contributed by atoms with Gasteiger partial charge in [-0.25, -0.2) is 0 Å². The van der Waals surface area contributed by atoms with Crippen molar-refractivity contribution in [1.29, 1.82) is 0 Å². The maximum absolute atomic E-state index is 12.7. The summed E-state index contributed by atoms with van der Waals surface area (Å²) in [6.45, 7) is 0. The summed E-state index contributed by atoms with van der Waals surface area (Å²) in [4.78, 5) is 12.7. The van der Waals surface area contributed by atoms with Crippen molar-refractivity contribution in [3.8, 4) is 0 Å². The molecule has 24 heavy (non-hydrogen) atoms. The summed E-state index contributed by atoms with van der Waals surface area (Å²) in [6, 6.07) is 5.17. The Labute approximate surface area is 153 Å². The Kier molecular flexibility index (Phi) is 6.02. The van der Waals surface area contributed by atoms with E-state index in [9.17, 15) is 4.79 Å². The number of nitrogens with one attached hydrogen (secondary N) is 1. The fourth-order valence-corrected chi connectivity index (χ4v) is 4.12. The van der Waals surface area contributed by atoms with Gasteiger partial charge in [0.1, 0.15) is 0 Å². The van der Waals surface area contributed by atoms with Gasteiger partial charge >= 0.3 is 0 Å². The summed E-state index contributed by atoms with van der Waals surface area (Å²) in [5.41, 5.74) is 0.646. The molecule has 2 atom stereocenters. The fraction of sp³-hybridized carbons (Fsp3) is 0.450. The molecule has 1 fully saturated rings. The molecule has 2 aliphatic carbocycles. The number of carbonyl (C=O) groups excluding carboxylic acids is 1. The van der Waals surface area contributed by atoms with Gasteiger partial charge in [0, 0.05) is 10.9 Å². The summed E-state index contributed by atoms with van der Waals surface area (Å²) in [5, 5.41) is 4.05. The Bertz CT molecular complexity index is 629. The highest BCUT2D eigenvalue weighted by molar-refractivity contribution is 6.36. The molecule has 4 heteroatoms. The third kappa shape index (κ3) is 4.43. The van der Waals surface area contributed by atoms with E-state index in [0.717, 1.165) is 38.5 Å². The number of benzene rings is 1. The molecule has 0 radical (unpaired) electrons. The molecule has 0 heterocycles. The van der Waals surface area contributed by atoms with E-state index >= 15 is 0 Å². The zero-order valence-electron chi connectivity index (χ0n) is 13.7. The van der Waals surface area contributed by atoms with Crippen LogP contribution in [-0.4, -0.2) is 5.91 Å². The minimum absolute atomic E-state index is 0.0945. The molecule has 0 aliphatic heterocycles. The van der Waals surface area contributed by atoms with Crippen molar-refractivity contribution in [2.75, 3.05) is 5.32 Å². The highest BCUT2D eigenvalue weighted by Crippen LogP contribution is 2.52. The molecule has 0 saturated heterocycles. The van der Waals surface area contributed by atoms with Crippen LogP contribution in [0.4, 0.5) is 5.69 Å². The molecule has 0 spiro atoms. The largest absolute Gasteiger partial charge is 0.325 e. The van der Waals surface area contributed by atoms with Crippen LogP contribution in [0.15, 0.2) is 42.5 Å². The van der Waals surface area contributed by atoms with E-state index in [1.165, 1.54) is 0 Å². The molecule has 0 aromatic heterocycles. The van der Waals surface area contributed by atoms with E-state index in [1.807, 2.05) is 0 Å². The maximum Gasteiger partial charge on any atom is 0.228 e. The monoisotopic (exact) mass is 363 g/mol. The second kappa shape index (κ2) is 8.22. The van der Waals surface area contributed by atoms with Gasteiger partial charge < -0.3 is 5.32 Å². The molecular weight excluding hydrogens is 341 g/mol. The van der Waals surface area contributed by atoms with Crippen molar-refractivity contribution in [2.24, 2.45) is 17.8 Å². The molecule has 1 saturated carbocycles. The first kappa shape index (κ1) is 17.6. The van der Waals surface area contributed by atoms with Crippen molar-refractivity contribution in [1.82, 2.24) is 0 Å². The van der Waals surface area contributed by atoms with Crippen LogP contribution >= 0.6 is 23.2 Å². The van der Waals surface area contributed by atoms with Crippen molar-refractivity contribution < 1.29 is 4.79 Å². The van der Waals surface area contributed by atoms with Crippen LogP contribution in [0.25, 0.3) is 0 Å². The quantitative estimate of drug-likeness (QED) is 0.617. The van der Waals surface area contributed by atoms with E-state index in [-0.39, 0.29) is 11.8 Å². The lowest BCUT2D eigenvalue weighted by atomic mass is 10.1. The van der Waals surface area contributed by atoms with Crippen molar-refractivity contribution in [2.45, 2.75) is 38.5 Å². The number of allylic oxidation sites excluding steroid dienone is 4. The topological polar surface area (TPSA) is 29.1 Å². The van der Waals surface area contributed by atoms with E-state index < -0.39 is 0 Å². The molecule has 1 amide bonds. The number of rotatable bonds is 2. The normalized spacial score (nSPS) is 29.5. The van der Waals surface area contributed by atoms with Crippen molar-refractivity contribution in [3.05, 3.63) is 52.5 Å². The number of amides is 1. The Morgan fingerprint density at radius 2 is 1.50 bits per heavy atom. The van der Waals surface area contributed by atoms with Crippen LogP contribution in [0.2, 0.25) is 10.0 Å². The SMILES string of the molecule is O=C(Nc1ccc(Cl)cc1Cl)C1[C@@H]2CC/C=C\CC/C=C\CC[C@@H]12. The van der Waals surface area contributed by atoms with Crippen LogP contribution in [0.3, 0.4) is 0 Å². The van der Waals surface area contributed by atoms with Crippen LogP contribution in [0.1, 0.15) is 38.5 Å². The molecule has 3 rings (SSSR count). The van der Waals surface area contributed by atoms with E-state index in [4.69, 9.17) is 23.2 Å². The molecule has 0 bridgehead atoms. The third-order valence-corrected chi connectivity index (χ3v) is 5.54. The van der Waals surface area contributed by atoms with Crippen LogP contribution in [-0.2, 0) is 4.79 Å². The first-order chi connectivity index (χ1) is 11.7. The standard InChI is InChI=1S/C20H23Cl2NO/c21-14-11-12-18(17(22)13-14)23-20(24)19-15-9-7-5-3-1-2-4-6-8-10-16(15)19/h3-6,11-13,15-16,19H,1-2,7-10H2,(H,23,24)/b5-3-,6-4-/t15-,16-/m1/s1. The van der Waals surface area contributed by atoms with Gasteiger partial charge in [-0.3, -0.25) is 4.79 Å². The summed E-state index contributed by atoms with van der Waals surface area (Å²) in [6.07, 6.45) is 15.6. The Hall–Kier alpha value is -1.25. The second-order valence-electron chi connectivity index (χ2n) is 6.64. The predicted molar refractivity (Wildman–Crippen MR) is 102 cm³/mol. The van der Waals surface area contributed by atoms with Crippen molar-refractivity contribution in [3.63, 3.8) is 0 Å². The molecule has 2 nitrogen and oxygen atoms in total. The fourth-order valence-electron chi connectivity index (χ4n) is 3.67. The zero-order valence-corrected chi connectivity index (χ0v) is 15.2. The van der Waals surface area contributed by atoms with Gasteiger partial charge in [0.05, 0.1) is 10.7 Å². The molecule has 128 valence electrons. The van der Waals surface area contributed by atoms with Gasteiger partial charge in [-0.1, -0.05) is 47.5 Å². The van der Waals surface area contributed by atoms with Gasteiger partial charge in [0.15, 0.2) is 0 Å². The average Bonchev–Trinajstić information content (AvgIpc) is 3.22. The Balaban J connectivity index is 1.64. The molecule has 1 aromatic rings. The van der Waals surface area contributed by atoms with Gasteiger partial charge in [0.2, 0.25) is 5.91 Å². The third-order valence-electron chi connectivity index (χ3n) is 4.99. The van der Waals surface area contributed by atoms with Gasteiger partial charge in [0.25, 0.3) is 0 Å². The van der Waals surface area contributed by atoms with Crippen LogP contribution in [0, 0.1) is 17.8 Å². The number of carbonyl (C=O) groups is 1. The minimum Gasteiger partial charge on any atom is -0.325 e. The first-order valence-electron chi connectivity index (χ1n) is 8.72. The molecule has 1 N–H and O–H groups in total. The lowest BCUT2D eigenvalue weighted by molar-refractivity contribution is -0.117. The van der Waals surface area contributed by atoms with Gasteiger partial charge in [-0.05, 0) is 68.6 Å². The average molecular weight is 364 g/mol. The smallest absolute Gasteiger partial charge is 0.228 e. The summed E-state index contributed by atoms with van der Waals surface area (Å²) in [7, 11) is 0. The second-order valence-corrected chi connectivity index (χ2v) is 7.49. The highest BCUT2D eigenvalue weighted by atomic mass is 35.5. The number of hydrogen-bond acceptors (Lipinski definition) is 1. The predicted octanol–water partition coefficient (Wildman–Crippen LogP) is 6.26. The molecule has 2 aliphatic rings. The first-order valence-corrected chi connectivity index (χ1v) is 9.48.